The molecule has 6 unspecified atom stereocenters. The molecular formula is C67H104O12. The van der Waals surface area contributed by atoms with Gasteiger partial charge in [0.15, 0.2) is 24.6 Å². The van der Waals surface area contributed by atoms with Crippen molar-refractivity contribution in [1.82, 2.24) is 0 Å². The predicted octanol–water partition coefficient (Wildman–Crippen LogP) is 15.8. The summed E-state index contributed by atoms with van der Waals surface area (Å²) in [6, 6.07) is 0. The van der Waals surface area contributed by atoms with Gasteiger partial charge in [0.1, 0.15) is 18.8 Å². The molecule has 1 rings (SSSR count). The van der Waals surface area contributed by atoms with Gasteiger partial charge >= 0.3 is 23.9 Å². The van der Waals surface area contributed by atoms with Crippen molar-refractivity contribution in [3.8, 4) is 0 Å². The Labute approximate surface area is 477 Å². The number of ether oxygens (including phenoxy) is 5. The second kappa shape index (κ2) is 53.5. The van der Waals surface area contributed by atoms with E-state index in [4.69, 9.17) is 23.7 Å². The third kappa shape index (κ3) is 43.4. The highest BCUT2D eigenvalue weighted by Crippen LogP contribution is 2.26. The summed E-state index contributed by atoms with van der Waals surface area (Å²) in [5.41, 5.74) is 0. The summed E-state index contributed by atoms with van der Waals surface area (Å²) in [5.74, 6) is -3.25. The number of rotatable bonds is 49. The fourth-order valence-corrected chi connectivity index (χ4v) is 8.20. The third-order valence-electron chi connectivity index (χ3n) is 12.7. The molecule has 1 aliphatic heterocycles. The lowest BCUT2D eigenvalue weighted by atomic mass is 9.98. The van der Waals surface area contributed by atoms with Crippen LogP contribution in [0.1, 0.15) is 213 Å². The number of allylic oxidation sites excluding steroid dienone is 22. The Morgan fingerprint density at radius 3 is 1.19 bits per heavy atom. The van der Waals surface area contributed by atoms with E-state index in [0.717, 1.165) is 148 Å². The molecule has 1 heterocycles. The monoisotopic (exact) mass is 1100 g/mol. The van der Waals surface area contributed by atoms with Crippen molar-refractivity contribution in [3.05, 3.63) is 134 Å². The van der Waals surface area contributed by atoms with E-state index >= 15 is 0 Å². The van der Waals surface area contributed by atoms with Gasteiger partial charge < -0.3 is 39.0 Å². The first kappa shape index (κ1) is 71.9. The van der Waals surface area contributed by atoms with E-state index in [-0.39, 0.29) is 25.9 Å². The third-order valence-corrected chi connectivity index (χ3v) is 12.7. The minimum atomic E-state index is -1.93. The molecule has 0 bridgehead atoms. The molecule has 0 aromatic rings. The maximum absolute atomic E-state index is 13.2. The quantitative estimate of drug-likeness (QED) is 0.0228. The van der Waals surface area contributed by atoms with Crippen molar-refractivity contribution in [2.45, 2.75) is 250 Å². The van der Waals surface area contributed by atoms with Crippen molar-refractivity contribution in [2.75, 3.05) is 13.2 Å². The van der Waals surface area contributed by atoms with Crippen LogP contribution < -0.4 is 0 Å². The highest BCUT2D eigenvalue weighted by Gasteiger charge is 2.50. The molecule has 1 fully saturated rings. The molecule has 0 aromatic heterocycles. The number of hydrogen-bond acceptors (Lipinski definition) is 11. The van der Waals surface area contributed by atoms with E-state index in [2.05, 4.69) is 148 Å². The zero-order valence-corrected chi connectivity index (χ0v) is 48.8. The molecule has 12 nitrogen and oxygen atoms in total. The maximum atomic E-state index is 13.2. The average molecular weight is 1100 g/mol. The lowest BCUT2D eigenvalue weighted by Crippen LogP contribution is -2.61. The van der Waals surface area contributed by atoms with Crippen LogP contribution in [-0.4, -0.2) is 89.2 Å². The Bertz CT molecular complexity index is 1880. The van der Waals surface area contributed by atoms with E-state index in [1.807, 2.05) is 6.08 Å². The number of aliphatic hydroxyl groups excluding tert-OH is 2. The van der Waals surface area contributed by atoms with E-state index in [0.29, 0.717) is 25.7 Å². The Kier molecular flexibility index (Phi) is 48.7. The maximum Gasteiger partial charge on any atom is 0.335 e. The van der Waals surface area contributed by atoms with E-state index < -0.39 is 67.3 Å². The van der Waals surface area contributed by atoms with Crippen molar-refractivity contribution >= 4 is 23.9 Å². The van der Waals surface area contributed by atoms with Gasteiger partial charge in [-0.2, -0.15) is 0 Å². The Balaban J connectivity index is 2.75. The largest absolute Gasteiger partial charge is 0.479 e. The molecule has 1 aliphatic rings. The minimum absolute atomic E-state index is 0.0269. The second-order valence-corrected chi connectivity index (χ2v) is 19.8. The summed E-state index contributed by atoms with van der Waals surface area (Å²) < 4.78 is 28.4. The van der Waals surface area contributed by atoms with Crippen LogP contribution in [-0.2, 0) is 42.9 Å². The lowest BCUT2D eigenvalue weighted by Gasteiger charge is -2.40. The zero-order chi connectivity index (χ0) is 57.5. The van der Waals surface area contributed by atoms with Gasteiger partial charge in [0.2, 0.25) is 0 Å². The minimum Gasteiger partial charge on any atom is -0.479 e. The summed E-state index contributed by atoms with van der Waals surface area (Å²) in [4.78, 5) is 51.2. The highest BCUT2D eigenvalue weighted by molar-refractivity contribution is 5.74. The molecule has 1 saturated heterocycles. The molecule has 0 aliphatic carbocycles. The van der Waals surface area contributed by atoms with Crippen LogP contribution in [0.5, 0.6) is 0 Å². The van der Waals surface area contributed by atoms with Gasteiger partial charge in [0.25, 0.3) is 0 Å². The smallest absolute Gasteiger partial charge is 0.335 e. The highest BCUT2D eigenvalue weighted by atomic mass is 16.7. The van der Waals surface area contributed by atoms with Crippen molar-refractivity contribution < 1.29 is 58.2 Å². The number of unbranched alkanes of at least 4 members (excludes halogenated alkanes) is 13. The normalized spacial score (nSPS) is 18.8. The number of carbonyl (C=O) groups is 4. The number of carbonyl (C=O) groups excluding carboxylic acids is 3. The van der Waals surface area contributed by atoms with Crippen LogP contribution in [0.4, 0.5) is 0 Å². The fourth-order valence-electron chi connectivity index (χ4n) is 8.20. The van der Waals surface area contributed by atoms with Crippen molar-refractivity contribution in [1.29, 1.82) is 0 Å². The van der Waals surface area contributed by atoms with Gasteiger partial charge in [0.05, 0.1) is 6.61 Å². The molecule has 12 heteroatoms. The van der Waals surface area contributed by atoms with Crippen LogP contribution >= 0.6 is 0 Å². The van der Waals surface area contributed by atoms with Crippen LogP contribution in [0.25, 0.3) is 0 Å². The molecule has 444 valence electrons. The number of carboxylic acids is 1. The van der Waals surface area contributed by atoms with Gasteiger partial charge in [-0.25, -0.2) is 4.79 Å². The van der Waals surface area contributed by atoms with Gasteiger partial charge in [0, 0.05) is 19.3 Å². The molecule has 3 N–H and O–H groups in total. The molecule has 79 heavy (non-hydrogen) atoms. The Hall–Kier alpha value is -5.14. The molecule has 0 amide bonds. The number of esters is 3. The second-order valence-electron chi connectivity index (χ2n) is 19.8. The van der Waals surface area contributed by atoms with Crippen LogP contribution in [0.3, 0.4) is 0 Å². The topological polar surface area (TPSA) is 175 Å². The SMILES string of the molecule is CC/C=C\C/C=C\C/C=C\C/C=C\C/C=C\CCCC(=O)OCC(COC1OC(C(=O)O)C(O)C(O)C1OC(=O)CCCCCCC/C=C\C/C=C\C/C=C\CC)OC(=O)CCCCCCCCC/C=C\C/C=C\C/C=C\CC. The first-order valence-electron chi connectivity index (χ1n) is 30.2. The van der Waals surface area contributed by atoms with E-state index in [9.17, 15) is 34.5 Å². The van der Waals surface area contributed by atoms with Crippen molar-refractivity contribution in [3.63, 3.8) is 0 Å². The molecular weight excluding hydrogens is 997 g/mol. The number of aliphatic hydroxyl groups is 2. The van der Waals surface area contributed by atoms with Crippen LogP contribution in [0, 0.1) is 0 Å². The standard InChI is InChI=1S/C67H104O12/c1-4-7-10-13-16-19-22-25-28-30-33-35-38-41-44-47-50-53-59(68)75-56-58(77-60(69)54-51-48-45-42-39-37-34-31-29-26-23-20-17-14-11-8-5-2)57-76-67-65(63(72)62(71)64(79-67)66(73)74)78-61(70)55-52-49-46-43-40-36-32-27-24-21-18-15-12-9-6-3/h7-12,16-21,25-29,32-33,35,41,44,58,62-65,67,71-72H,4-6,13-15,22-24,30-31,34,36-40,42-43,45-57H2,1-3H3,(H,73,74)/b10-7-,11-8-,12-9-,19-16-,20-17-,21-18-,28-25-,29-26-,32-27-,35-33-,44-41-. The van der Waals surface area contributed by atoms with Gasteiger partial charge in [-0.15, -0.1) is 0 Å². The molecule has 0 radical (unpaired) electrons. The number of aliphatic carboxylic acids is 1. The molecule has 6 atom stereocenters. The molecule has 0 saturated carbocycles. The summed E-state index contributed by atoms with van der Waals surface area (Å²) in [6.07, 6.45) is 62.8. The number of hydrogen-bond donors (Lipinski definition) is 3. The summed E-state index contributed by atoms with van der Waals surface area (Å²) in [6.45, 7) is 5.58. The Morgan fingerprint density at radius 2 is 0.772 bits per heavy atom. The van der Waals surface area contributed by atoms with Crippen LogP contribution in [0.15, 0.2) is 134 Å². The van der Waals surface area contributed by atoms with Crippen molar-refractivity contribution in [2.24, 2.45) is 0 Å². The lowest BCUT2D eigenvalue weighted by molar-refractivity contribution is -0.301. The molecule has 0 aromatic carbocycles. The molecule has 0 spiro atoms. The Morgan fingerprint density at radius 1 is 0.418 bits per heavy atom. The summed E-state index contributed by atoms with van der Waals surface area (Å²) in [7, 11) is 0. The van der Waals surface area contributed by atoms with Gasteiger partial charge in [-0.05, 0) is 122 Å². The van der Waals surface area contributed by atoms with E-state index in [1.165, 1.54) is 0 Å². The summed E-state index contributed by atoms with van der Waals surface area (Å²) in [5, 5.41) is 31.5. The van der Waals surface area contributed by atoms with Gasteiger partial charge in [-0.3, -0.25) is 14.4 Å². The first-order chi connectivity index (χ1) is 38.6. The number of carboxylic acid groups (broad SMARTS) is 1. The first-order valence-corrected chi connectivity index (χ1v) is 30.2. The zero-order valence-electron chi connectivity index (χ0n) is 48.8. The van der Waals surface area contributed by atoms with Gasteiger partial charge in [-0.1, -0.05) is 206 Å². The van der Waals surface area contributed by atoms with E-state index in [1.54, 1.807) is 0 Å². The van der Waals surface area contributed by atoms with Crippen LogP contribution in [0.2, 0.25) is 0 Å². The average Bonchev–Trinajstić information content (AvgIpc) is 3.46. The predicted molar refractivity (Wildman–Crippen MR) is 321 cm³/mol. The summed E-state index contributed by atoms with van der Waals surface area (Å²) >= 11 is 0. The fraction of sp³-hybridized carbons (Fsp3) is 0.612.